The number of ether oxygens (including phenoxy) is 2. The van der Waals surface area contributed by atoms with E-state index in [1.165, 1.54) is 36.3 Å². The molecule has 0 saturated carbocycles. The van der Waals surface area contributed by atoms with Crippen molar-refractivity contribution in [1.82, 2.24) is 0 Å². The summed E-state index contributed by atoms with van der Waals surface area (Å²) < 4.78 is 31.8. The fraction of sp³-hybridized carbons (Fsp3) is 0.214. The zero-order valence-corrected chi connectivity index (χ0v) is 21.3. The molecule has 0 aliphatic carbocycles. The van der Waals surface area contributed by atoms with Crippen LogP contribution < -0.4 is 19.8 Å². The van der Waals surface area contributed by atoms with Crippen LogP contribution in [0.1, 0.15) is 47.5 Å². The van der Waals surface area contributed by atoms with Gasteiger partial charge < -0.3 is 13.9 Å². The second kappa shape index (κ2) is 9.78. The van der Waals surface area contributed by atoms with Gasteiger partial charge in [-0.1, -0.05) is 35.3 Å². The number of unbranched alkanes of at least 4 members (excludes halogenated alkanes) is 1. The molecule has 0 saturated heterocycles. The van der Waals surface area contributed by atoms with Crippen LogP contribution in [0.15, 0.2) is 74.3 Å². The maximum atomic E-state index is 13.8. The standard InChI is InChI=1S/C28H23BrFNO5/c1-3-4-13-35-22-11-5-16(14-23(22)34-2)25-24-26(32)20-15-17(29)6-12-21(20)36-27(24)28(33)31(25)19-9-7-18(30)8-10-19/h5-12,14-15,25H,3-4,13H2,1-2H3. The Kier molecular flexibility index (Phi) is 6.53. The number of rotatable bonds is 7. The third kappa shape index (κ3) is 4.15. The highest BCUT2D eigenvalue weighted by Gasteiger charge is 2.44. The number of benzene rings is 3. The number of carbonyl (C=O) groups is 1. The van der Waals surface area contributed by atoms with Crippen molar-refractivity contribution >= 4 is 38.5 Å². The lowest BCUT2D eigenvalue weighted by Gasteiger charge is -2.26. The highest BCUT2D eigenvalue weighted by atomic mass is 79.9. The number of fused-ring (bicyclic) bond motifs is 2. The van der Waals surface area contributed by atoms with E-state index in [2.05, 4.69) is 22.9 Å². The molecule has 4 aromatic rings. The highest BCUT2D eigenvalue weighted by molar-refractivity contribution is 9.10. The zero-order valence-electron chi connectivity index (χ0n) is 19.7. The van der Waals surface area contributed by atoms with Gasteiger partial charge in [-0.05, 0) is 66.6 Å². The molecule has 6 nitrogen and oxygen atoms in total. The molecule has 0 spiro atoms. The van der Waals surface area contributed by atoms with Crippen molar-refractivity contribution in [3.63, 3.8) is 0 Å². The predicted octanol–water partition coefficient (Wildman–Crippen LogP) is 6.63. The number of amides is 1. The first-order valence-corrected chi connectivity index (χ1v) is 12.4. The van der Waals surface area contributed by atoms with Gasteiger partial charge in [-0.15, -0.1) is 0 Å². The molecule has 3 aromatic carbocycles. The van der Waals surface area contributed by atoms with Crippen LogP contribution in [0.25, 0.3) is 11.0 Å². The second-order valence-corrected chi connectivity index (χ2v) is 9.40. The van der Waals surface area contributed by atoms with Crippen molar-refractivity contribution < 1.29 is 23.1 Å². The Bertz CT molecular complexity index is 1520. The molecule has 8 heteroatoms. The van der Waals surface area contributed by atoms with Crippen LogP contribution in [0.5, 0.6) is 11.5 Å². The number of carbonyl (C=O) groups excluding carboxylic acids is 1. The maximum Gasteiger partial charge on any atom is 0.295 e. The lowest BCUT2D eigenvalue weighted by atomic mass is 9.97. The van der Waals surface area contributed by atoms with Crippen LogP contribution >= 0.6 is 15.9 Å². The summed E-state index contributed by atoms with van der Waals surface area (Å²) in [6, 6.07) is 15.2. The van der Waals surface area contributed by atoms with Gasteiger partial charge in [0.2, 0.25) is 5.76 Å². The molecule has 5 rings (SSSR count). The molecule has 2 heterocycles. The molecule has 1 atom stereocenters. The molecular formula is C28H23BrFNO5. The summed E-state index contributed by atoms with van der Waals surface area (Å²) in [4.78, 5) is 28.9. The SMILES string of the molecule is CCCCOc1ccc(C2c3c(oc4ccc(Br)cc4c3=O)C(=O)N2c2ccc(F)cc2)cc1OC. The molecule has 0 bridgehead atoms. The minimum absolute atomic E-state index is 0.0358. The molecule has 1 aliphatic heterocycles. The van der Waals surface area contributed by atoms with Crippen molar-refractivity contribution in [2.24, 2.45) is 0 Å². The van der Waals surface area contributed by atoms with Gasteiger partial charge in [0, 0.05) is 10.2 Å². The van der Waals surface area contributed by atoms with Crippen LogP contribution in [0, 0.1) is 5.82 Å². The van der Waals surface area contributed by atoms with Crippen LogP contribution in [0.3, 0.4) is 0 Å². The van der Waals surface area contributed by atoms with E-state index in [4.69, 9.17) is 13.9 Å². The van der Waals surface area contributed by atoms with Gasteiger partial charge in [-0.25, -0.2) is 4.39 Å². The largest absolute Gasteiger partial charge is 0.493 e. The molecule has 184 valence electrons. The van der Waals surface area contributed by atoms with Crippen molar-refractivity contribution in [2.75, 3.05) is 18.6 Å². The summed E-state index contributed by atoms with van der Waals surface area (Å²) >= 11 is 3.40. The lowest BCUT2D eigenvalue weighted by molar-refractivity contribution is 0.0971. The van der Waals surface area contributed by atoms with E-state index < -0.39 is 17.8 Å². The van der Waals surface area contributed by atoms with E-state index in [0.29, 0.717) is 44.8 Å². The van der Waals surface area contributed by atoms with Gasteiger partial charge in [0.05, 0.1) is 30.7 Å². The van der Waals surface area contributed by atoms with E-state index in [0.717, 1.165) is 12.8 Å². The van der Waals surface area contributed by atoms with Crippen molar-refractivity contribution in [3.8, 4) is 11.5 Å². The van der Waals surface area contributed by atoms with Gasteiger partial charge in [0.1, 0.15) is 11.4 Å². The van der Waals surface area contributed by atoms with Crippen LogP contribution in [0.2, 0.25) is 0 Å². The summed E-state index contributed by atoms with van der Waals surface area (Å²) in [7, 11) is 1.54. The van der Waals surface area contributed by atoms with E-state index in [9.17, 15) is 14.0 Å². The van der Waals surface area contributed by atoms with Gasteiger partial charge in [0.25, 0.3) is 5.91 Å². The topological polar surface area (TPSA) is 69.0 Å². The fourth-order valence-corrected chi connectivity index (χ4v) is 4.79. The second-order valence-electron chi connectivity index (χ2n) is 8.48. The minimum Gasteiger partial charge on any atom is -0.493 e. The molecule has 1 aliphatic rings. The molecular weight excluding hydrogens is 529 g/mol. The Morgan fingerprint density at radius 3 is 2.53 bits per heavy atom. The highest BCUT2D eigenvalue weighted by Crippen LogP contribution is 2.43. The van der Waals surface area contributed by atoms with Gasteiger partial charge in [-0.2, -0.15) is 0 Å². The van der Waals surface area contributed by atoms with Crippen molar-refractivity contribution in [2.45, 2.75) is 25.8 Å². The summed E-state index contributed by atoms with van der Waals surface area (Å²) in [5.41, 5.74) is 1.29. The third-order valence-electron chi connectivity index (χ3n) is 6.20. The summed E-state index contributed by atoms with van der Waals surface area (Å²) in [6.07, 6.45) is 1.89. The molecule has 36 heavy (non-hydrogen) atoms. The molecule has 1 unspecified atom stereocenters. The first-order valence-electron chi connectivity index (χ1n) is 11.6. The van der Waals surface area contributed by atoms with Crippen molar-refractivity contribution in [1.29, 1.82) is 0 Å². The first-order chi connectivity index (χ1) is 17.4. The number of halogens is 2. The Morgan fingerprint density at radius 1 is 1.03 bits per heavy atom. The number of hydrogen-bond acceptors (Lipinski definition) is 5. The number of hydrogen-bond donors (Lipinski definition) is 0. The van der Waals surface area contributed by atoms with Gasteiger partial charge in [0.15, 0.2) is 16.9 Å². The molecule has 0 radical (unpaired) electrons. The van der Waals surface area contributed by atoms with Crippen LogP contribution in [-0.4, -0.2) is 19.6 Å². The van der Waals surface area contributed by atoms with Gasteiger partial charge in [-0.3, -0.25) is 14.5 Å². The van der Waals surface area contributed by atoms with E-state index in [1.54, 1.807) is 36.4 Å². The summed E-state index contributed by atoms with van der Waals surface area (Å²) in [6.45, 7) is 2.62. The van der Waals surface area contributed by atoms with Crippen molar-refractivity contribution in [3.05, 3.63) is 98.1 Å². The lowest BCUT2D eigenvalue weighted by Crippen LogP contribution is -2.29. The van der Waals surface area contributed by atoms with E-state index >= 15 is 0 Å². The monoisotopic (exact) mass is 551 g/mol. The van der Waals surface area contributed by atoms with Gasteiger partial charge >= 0.3 is 0 Å². The smallest absolute Gasteiger partial charge is 0.295 e. The Hall–Kier alpha value is -3.65. The average molecular weight is 552 g/mol. The molecule has 1 amide bonds. The molecule has 1 aromatic heterocycles. The first kappa shape index (κ1) is 24.1. The van der Waals surface area contributed by atoms with E-state index in [1.807, 2.05) is 0 Å². The summed E-state index contributed by atoms with van der Waals surface area (Å²) in [5.74, 6) is 0.107. The Labute approximate surface area is 215 Å². The number of anilines is 1. The van der Waals surface area contributed by atoms with Crippen LogP contribution in [-0.2, 0) is 0 Å². The molecule has 0 fully saturated rings. The third-order valence-corrected chi connectivity index (χ3v) is 6.69. The number of nitrogens with zero attached hydrogens (tertiary/aromatic N) is 1. The predicted molar refractivity (Wildman–Crippen MR) is 139 cm³/mol. The zero-order chi connectivity index (χ0) is 25.4. The Balaban J connectivity index is 1.71. The Morgan fingerprint density at radius 2 is 1.81 bits per heavy atom. The quantitative estimate of drug-likeness (QED) is 0.241. The minimum atomic E-state index is -0.809. The summed E-state index contributed by atoms with van der Waals surface area (Å²) in [5, 5.41) is 0.355. The fourth-order valence-electron chi connectivity index (χ4n) is 4.43. The van der Waals surface area contributed by atoms with Crippen LogP contribution in [0.4, 0.5) is 10.1 Å². The average Bonchev–Trinajstić information content (AvgIpc) is 3.17. The molecule has 0 N–H and O–H groups in total. The normalized spacial score (nSPS) is 14.8. The maximum absolute atomic E-state index is 13.8. The van der Waals surface area contributed by atoms with E-state index in [-0.39, 0.29) is 16.8 Å². The number of methoxy groups -OCH3 is 1.